The van der Waals surface area contributed by atoms with Gasteiger partial charge in [0.2, 0.25) is 0 Å². The van der Waals surface area contributed by atoms with Crippen LogP contribution >= 0.6 is 0 Å². The van der Waals surface area contributed by atoms with Crippen LogP contribution in [0.5, 0.6) is 0 Å². The Morgan fingerprint density at radius 2 is 0.705 bits per heavy atom. The number of hydrogen-bond donors (Lipinski definition) is 0. The lowest BCUT2D eigenvalue weighted by Gasteiger charge is -2.34. The van der Waals surface area contributed by atoms with Crippen molar-refractivity contribution in [2.75, 3.05) is 0 Å². The van der Waals surface area contributed by atoms with Gasteiger partial charge < -0.3 is 0 Å². The van der Waals surface area contributed by atoms with Gasteiger partial charge in [-0.2, -0.15) is 0 Å². The standard InChI is InChI=1S/C43H34Si/c1-44(39(34-22-10-3-11-23-34)32-33-20-8-2-9-21-33)42(37-28-16-6-17-29-37)40(35-24-12-4-13-25-35)41(36-26-14-5-15-27-36)43(44)38-30-18-7-19-31-38/h2-32H,1H3/b39-32+. The first-order valence-corrected chi connectivity index (χ1v) is 17.8. The molecule has 0 saturated carbocycles. The van der Waals surface area contributed by atoms with Crippen molar-refractivity contribution in [2.24, 2.45) is 0 Å². The minimum absolute atomic E-state index is 1.22. The molecule has 0 fully saturated rings. The molecular weight excluding hydrogens is 545 g/mol. The van der Waals surface area contributed by atoms with E-state index in [2.05, 4.69) is 195 Å². The SMILES string of the molecule is C[Si]1(/C(=C/c2ccccc2)c2ccccc2)C(c2ccccc2)=C(c2ccccc2)C(c2ccccc2)=C1c1ccccc1. The van der Waals surface area contributed by atoms with Crippen LogP contribution in [0.15, 0.2) is 182 Å². The summed E-state index contributed by atoms with van der Waals surface area (Å²) in [6, 6.07) is 66.2. The summed E-state index contributed by atoms with van der Waals surface area (Å²) >= 11 is 0. The molecule has 0 radical (unpaired) electrons. The fourth-order valence-electron chi connectivity index (χ4n) is 6.86. The Morgan fingerprint density at radius 3 is 1.09 bits per heavy atom. The van der Waals surface area contributed by atoms with Crippen molar-refractivity contribution in [1.29, 1.82) is 0 Å². The summed E-state index contributed by atoms with van der Waals surface area (Å²) in [6.45, 7) is 2.58. The molecule has 0 atom stereocenters. The fourth-order valence-corrected chi connectivity index (χ4v) is 11.9. The summed E-state index contributed by atoms with van der Waals surface area (Å²) in [7, 11) is -2.75. The summed E-state index contributed by atoms with van der Waals surface area (Å²) in [4.78, 5) is 0. The van der Waals surface area contributed by atoms with Gasteiger partial charge in [-0.3, -0.25) is 0 Å². The van der Waals surface area contributed by atoms with Gasteiger partial charge in [0.05, 0.1) is 0 Å². The van der Waals surface area contributed by atoms with Crippen molar-refractivity contribution in [1.82, 2.24) is 0 Å². The lowest BCUT2D eigenvalue weighted by atomic mass is 9.89. The second kappa shape index (κ2) is 12.2. The van der Waals surface area contributed by atoms with Gasteiger partial charge in [0.25, 0.3) is 0 Å². The number of rotatable bonds is 7. The van der Waals surface area contributed by atoms with Crippen LogP contribution in [0.25, 0.3) is 32.8 Å². The van der Waals surface area contributed by atoms with Crippen molar-refractivity contribution in [3.63, 3.8) is 0 Å². The van der Waals surface area contributed by atoms with Gasteiger partial charge in [-0.25, -0.2) is 0 Å². The average molecular weight is 579 g/mol. The van der Waals surface area contributed by atoms with Gasteiger partial charge in [0.15, 0.2) is 0 Å². The molecule has 7 rings (SSSR count). The van der Waals surface area contributed by atoms with Gasteiger partial charge >= 0.3 is 0 Å². The second-order valence-corrected chi connectivity index (χ2v) is 15.2. The van der Waals surface area contributed by atoms with Crippen molar-refractivity contribution < 1.29 is 0 Å². The first-order valence-electron chi connectivity index (χ1n) is 15.3. The highest BCUT2D eigenvalue weighted by Crippen LogP contribution is 2.59. The zero-order valence-corrected chi connectivity index (χ0v) is 25.9. The highest BCUT2D eigenvalue weighted by molar-refractivity contribution is 7.24. The molecule has 210 valence electrons. The molecule has 0 bridgehead atoms. The third-order valence-corrected chi connectivity index (χ3v) is 13.3. The molecule has 1 aliphatic heterocycles. The van der Waals surface area contributed by atoms with Crippen LogP contribution < -0.4 is 0 Å². The summed E-state index contributed by atoms with van der Waals surface area (Å²) in [6.07, 6.45) is 2.46. The normalized spacial score (nSPS) is 14.6. The van der Waals surface area contributed by atoms with E-state index in [0.717, 1.165) is 0 Å². The lowest BCUT2D eigenvalue weighted by Crippen LogP contribution is -2.35. The van der Waals surface area contributed by atoms with E-state index in [1.54, 1.807) is 0 Å². The largest absolute Gasteiger partial charge is 0.149 e. The van der Waals surface area contributed by atoms with Crippen molar-refractivity contribution in [3.8, 4) is 0 Å². The fraction of sp³-hybridized carbons (Fsp3) is 0.0233. The summed E-state index contributed by atoms with van der Waals surface area (Å²) < 4.78 is 0. The van der Waals surface area contributed by atoms with E-state index in [9.17, 15) is 0 Å². The molecule has 0 aromatic heterocycles. The predicted molar refractivity (Wildman–Crippen MR) is 192 cm³/mol. The van der Waals surface area contributed by atoms with Crippen molar-refractivity contribution >= 4 is 40.9 Å². The topological polar surface area (TPSA) is 0 Å². The van der Waals surface area contributed by atoms with Gasteiger partial charge in [0, 0.05) is 0 Å². The average Bonchev–Trinajstić information content (AvgIpc) is 3.39. The van der Waals surface area contributed by atoms with Gasteiger partial charge in [-0.1, -0.05) is 195 Å². The van der Waals surface area contributed by atoms with Gasteiger partial charge in [-0.05, 0) is 60.1 Å². The second-order valence-electron chi connectivity index (χ2n) is 11.4. The molecule has 6 aromatic carbocycles. The van der Waals surface area contributed by atoms with E-state index < -0.39 is 8.07 Å². The molecule has 44 heavy (non-hydrogen) atoms. The highest BCUT2D eigenvalue weighted by Gasteiger charge is 2.49. The zero-order chi connectivity index (χ0) is 29.8. The van der Waals surface area contributed by atoms with Gasteiger partial charge in [-0.15, -0.1) is 0 Å². The van der Waals surface area contributed by atoms with Gasteiger partial charge in [0.1, 0.15) is 8.07 Å². The number of hydrogen-bond acceptors (Lipinski definition) is 0. The third-order valence-electron chi connectivity index (χ3n) is 8.73. The molecule has 0 aliphatic carbocycles. The molecule has 1 aliphatic rings. The molecule has 1 heteroatoms. The monoisotopic (exact) mass is 578 g/mol. The van der Waals surface area contributed by atoms with E-state index in [4.69, 9.17) is 0 Å². The summed E-state index contributed by atoms with van der Waals surface area (Å²) in [5.74, 6) is 0. The predicted octanol–water partition coefficient (Wildman–Crippen LogP) is 11.2. The Hall–Kier alpha value is -5.24. The van der Waals surface area contributed by atoms with Crippen LogP contribution in [0.1, 0.15) is 33.4 Å². The Labute approximate surface area is 262 Å². The molecule has 6 aromatic rings. The molecule has 0 amide bonds. The highest BCUT2D eigenvalue weighted by atomic mass is 28.3. The third kappa shape index (κ3) is 5.02. The Morgan fingerprint density at radius 1 is 0.386 bits per heavy atom. The summed E-state index contributed by atoms with van der Waals surface area (Å²) in [5, 5.41) is 4.31. The van der Waals surface area contributed by atoms with Crippen LogP contribution in [-0.4, -0.2) is 8.07 Å². The molecule has 0 N–H and O–H groups in total. The maximum absolute atomic E-state index is 2.75. The lowest BCUT2D eigenvalue weighted by molar-refractivity contribution is 1.58. The molecule has 0 unspecified atom stereocenters. The molecule has 0 saturated heterocycles. The van der Waals surface area contributed by atoms with E-state index in [1.807, 2.05) is 0 Å². The van der Waals surface area contributed by atoms with Crippen molar-refractivity contribution in [2.45, 2.75) is 6.55 Å². The van der Waals surface area contributed by atoms with E-state index >= 15 is 0 Å². The van der Waals surface area contributed by atoms with E-state index in [1.165, 1.54) is 60.1 Å². The minimum Gasteiger partial charge on any atom is -0.0622 e. The quantitative estimate of drug-likeness (QED) is 0.131. The zero-order valence-electron chi connectivity index (χ0n) is 24.9. The smallest absolute Gasteiger partial charge is 0.0622 e. The minimum atomic E-state index is -2.75. The van der Waals surface area contributed by atoms with Crippen LogP contribution in [-0.2, 0) is 0 Å². The number of benzene rings is 6. The van der Waals surface area contributed by atoms with Crippen LogP contribution in [0.3, 0.4) is 0 Å². The Kier molecular flexibility index (Phi) is 7.63. The van der Waals surface area contributed by atoms with E-state index in [0.29, 0.717) is 0 Å². The van der Waals surface area contributed by atoms with Crippen molar-refractivity contribution in [3.05, 3.63) is 215 Å². The molecule has 0 nitrogen and oxygen atoms in total. The maximum atomic E-state index is 2.58. The van der Waals surface area contributed by atoms with Crippen LogP contribution in [0.4, 0.5) is 0 Å². The van der Waals surface area contributed by atoms with E-state index in [-0.39, 0.29) is 0 Å². The first-order chi connectivity index (χ1) is 21.7. The van der Waals surface area contributed by atoms with Crippen LogP contribution in [0, 0.1) is 0 Å². The first kappa shape index (κ1) is 27.6. The summed E-state index contributed by atoms with van der Waals surface area (Å²) in [5.41, 5.74) is 10.2. The maximum Gasteiger partial charge on any atom is 0.149 e. The molecule has 0 spiro atoms. The van der Waals surface area contributed by atoms with Crippen LogP contribution in [0.2, 0.25) is 6.55 Å². The molecule has 1 heterocycles. The Bertz CT molecular complexity index is 1850. The number of allylic oxidation sites excluding steroid dienone is 2. The molecular formula is C43H34Si. The Balaban J connectivity index is 1.70.